The fourth-order valence-corrected chi connectivity index (χ4v) is 5.15. The summed E-state index contributed by atoms with van der Waals surface area (Å²) in [6, 6.07) is 8.05. The van der Waals surface area contributed by atoms with Crippen molar-refractivity contribution in [2.24, 2.45) is 7.05 Å². The molecule has 37 heavy (non-hydrogen) atoms. The number of sulfonamides is 1. The Morgan fingerprint density at radius 3 is 2.43 bits per heavy atom. The number of hydrogen-bond acceptors (Lipinski definition) is 8. The summed E-state index contributed by atoms with van der Waals surface area (Å²) >= 11 is 0.535. The normalized spacial score (nSPS) is 12.4. The van der Waals surface area contributed by atoms with E-state index in [4.69, 9.17) is 4.84 Å². The standard InChI is InChI=1S/C21H18F4N4O6S2/c1-28-17(21(23,24)25)9-14(26-28)16-7-8-19(36-16)37(33,34)27-20(32)15(30)10-18(31)29(35-2)11-12-3-5-13(22)6-4-12/h3-10,30H,11H2,1-2H3,(H,27,32). The van der Waals surface area contributed by atoms with Crippen LogP contribution in [0, 0.1) is 5.82 Å². The molecular formula is C21H18F4N4O6S2. The Hall–Kier alpha value is -3.76. The van der Waals surface area contributed by atoms with Gasteiger partial charge < -0.3 is 5.11 Å². The van der Waals surface area contributed by atoms with Crippen LogP contribution in [0.2, 0.25) is 0 Å². The number of carbonyl (C=O) groups excluding carboxylic acids is 2. The SMILES string of the molecule is CON(Cc1ccc(F)cc1)C(=O)C=C(O)C(=O)NS(=O)(=O)c1ccc(-c2cc(C(F)(F)F)n(C)n2)s1. The maximum atomic E-state index is 13.0. The van der Waals surface area contributed by atoms with E-state index in [-0.39, 0.29) is 17.1 Å². The molecule has 0 spiro atoms. The summed E-state index contributed by atoms with van der Waals surface area (Å²) in [5.74, 6) is -4.33. The first kappa shape index (κ1) is 27.8. The number of alkyl halides is 3. The van der Waals surface area contributed by atoms with Gasteiger partial charge in [-0.05, 0) is 35.9 Å². The van der Waals surface area contributed by atoms with E-state index in [1.165, 1.54) is 18.2 Å². The highest BCUT2D eigenvalue weighted by atomic mass is 32.2. The van der Waals surface area contributed by atoms with E-state index in [9.17, 15) is 40.7 Å². The molecule has 0 saturated heterocycles. The molecule has 3 rings (SSSR count). The number of rotatable bonds is 8. The lowest BCUT2D eigenvalue weighted by atomic mass is 10.2. The molecule has 0 aliphatic rings. The van der Waals surface area contributed by atoms with Crippen molar-refractivity contribution in [3.8, 4) is 10.6 Å². The number of thiophene rings is 1. The average molecular weight is 563 g/mol. The third-order valence-electron chi connectivity index (χ3n) is 4.69. The van der Waals surface area contributed by atoms with Crippen molar-refractivity contribution in [3.63, 3.8) is 0 Å². The van der Waals surface area contributed by atoms with Crippen LogP contribution in [0.15, 0.2) is 58.5 Å². The van der Waals surface area contributed by atoms with Crippen LogP contribution in [0.3, 0.4) is 0 Å². The highest BCUT2D eigenvalue weighted by Crippen LogP contribution is 2.35. The lowest BCUT2D eigenvalue weighted by Crippen LogP contribution is -2.33. The van der Waals surface area contributed by atoms with Gasteiger partial charge in [0.1, 0.15) is 21.4 Å². The molecule has 0 bridgehead atoms. The van der Waals surface area contributed by atoms with E-state index in [0.29, 0.717) is 27.7 Å². The van der Waals surface area contributed by atoms with Crippen molar-refractivity contribution in [1.29, 1.82) is 0 Å². The predicted molar refractivity (Wildman–Crippen MR) is 122 cm³/mol. The molecular weight excluding hydrogens is 544 g/mol. The summed E-state index contributed by atoms with van der Waals surface area (Å²) in [5.41, 5.74) is -0.722. The molecule has 16 heteroatoms. The Kier molecular flexibility index (Phi) is 8.04. The van der Waals surface area contributed by atoms with Crippen molar-refractivity contribution < 1.29 is 45.5 Å². The van der Waals surface area contributed by atoms with E-state index < -0.39 is 49.5 Å². The number of aromatic nitrogens is 2. The Morgan fingerprint density at radius 1 is 1.22 bits per heavy atom. The summed E-state index contributed by atoms with van der Waals surface area (Å²) in [6.07, 6.45) is -4.25. The Bertz CT molecular complexity index is 1450. The fraction of sp³-hybridized carbons (Fsp3) is 0.190. The molecule has 2 aromatic heterocycles. The van der Waals surface area contributed by atoms with Crippen molar-refractivity contribution in [3.05, 3.63) is 71.4 Å². The quantitative estimate of drug-likeness (QED) is 0.187. The van der Waals surface area contributed by atoms with Gasteiger partial charge in [-0.3, -0.25) is 19.1 Å². The van der Waals surface area contributed by atoms with E-state index in [2.05, 4.69) is 5.10 Å². The zero-order valence-electron chi connectivity index (χ0n) is 19.0. The van der Waals surface area contributed by atoms with Crippen LogP contribution in [0.25, 0.3) is 10.6 Å². The second-order valence-electron chi connectivity index (χ2n) is 7.30. The van der Waals surface area contributed by atoms with Crippen molar-refractivity contribution in [2.75, 3.05) is 7.11 Å². The minimum Gasteiger partial charge on any atom is -0.503 e. The zero-order chi connectivity index (χ0) is 27.5. The molecule has 0 unspecified atom stereocenters. The molecule has 2 amide bonds. The first-order valence-electron chi connectivity index (χ1n) is 10.0. The van der Waals surface area contributed by atoms with Gasteiger partial charge in [-0.25, -0.2) is 22.6 Å². The second kappa shape index (κ2) is 10.7. The van der Waals surface area contributed by atoms with Gasteiger partial charge in [0.15, 0.2) is 5.76 Å². The van der Waals surface area contributed by atoms with Crippen LogP contribution in [0.4, 0.5) is 17.6 Å². The van der Waals surface area contributed by atoms with Gasteiger partial charge in [-0.2, -0.15) is 18.3 Å². The Labute approximate surface area is 211 Å². The smallest absolute Gasteiger partial charge is 0.433 e. The Balaban J connectivity index is 1.71. The molecule has 0 fully saturated rings. The molecule has 1 aromatic carbocycles. The zero-order valence-corrected chi connectivity index (χ0v) is 20.6. The van der Waals surface area contributed by atoms with Crippen molar-refractivity contribution in [2.45, 2.75) is 16.9 Å². The van der Waals surface area contributed by atoms with E-state index in [1.54, 1.807) is 4.72 Å². The number of aliphatic hydroxyl groups is 1. The van der Waals surface area contributed by atoms with Crippen molar-refractivity contribution >= 4 is 33.2 Å². The molecule has 2 heterocycles. The molecule has 198 valence electrons. The molecule has 0 aliphatic heterocycles. The van der Waals surface area contributed by atoms with Crippen LogP contribution in [-0.4, -0.2) is 47.3 Å². The summed E-state index contributed by atoms with van der Waals surface area (Å²) < 4.78 is 78.9. The maximum Gasteiger partial charge on any atom is 0.433 e. The molecule has 0 saturated carbocycles. The van der Waals surface area contributed by atoms with E-state index in [1.807, 2.05) is 0 Å². The van der Waals surface area contributed by atoms with Crippen LogP contribution < -0.4 is 4.72 Å². The van der Waals surface area contributed by atoms with E-state index >= 15 is 0 Å². The topological polar surface area (TPSA) is 131 Å². The number of benzene rings is 1. The number of carbonyl (C=O) groups is 2. The summed E-state index contributed by atoms with van der Waals surface area (Å²) in [4.78, 5) is 29.5. The molecule has 0 atom stereocenters. The second-order valence-corrected chi connectivity index (χ2v) is 10.3. The number of halogens is 4. The number of hydroxylamine groups is 2. The number of nitrogens with one attached hydrogen (secondary N) is 1. The minimum atomic E-state index is -4.67. The van der Waals surface area contributed by atoms with Gasteiger partial charge in [0, 0.05) is 7.05 Å². The van der Waals surface area contributed by atoms with E-state index in [0.717, 1.165) is 43.5 Å². The van der Waals surface area contributed by atoms with Gasteiger partial charge in [0.25, 0.3) is 21.8 Å². The number of nitrogens with zero attached hydrogens (tertiary/aromatic N) is 3. The predicted octanol–water partition coefficient (Wildman–Crippen LogP) is 3.14. The Morgan fingerprint density at radius 2 is 1.86 bits per heavy atom. The molecule has 0 aliphatic carbocycles. The lowest BCUT2D eigenvalue weighted by molar-refractivity contribution is -0.173. The van der Waals surface area contributed by atoms with Crippen LogP contribution in [0.1, 0.15) is 11.3 Å². The van der Waals surface area contributed by atoms with Crippen LogP contribution >= 0.6 is 11.3 Å². The van der Waals surface area contributed by atoms with Gasteiger partial charge in [0.2, 0.25) is 0 Å². The van der Waals surface area contributed by atoms with Gasteiger partial charge >= 0.3 is 6.18 Å². The highest BCUT2D eigenvalue weighted by Gasteiger charge is 2.35. The monoisotopic (exact) mass is 562 g/mol. The third-order valence-corrected chi connectivity index (χ3v) is 7.63. The minimum absolute atomic E-state index is 0.0744. The number of aliphatic hydroxyl groups excluding tert-OH is 1. The summed E-state index contributed by atoms with van der Waals surface area (Å²) in [6.45, 7) is -0.180. The number of aryl methyl sites for hydroxylation is 1. The molecule has 2 N–H and O–H groups in total. The largest absolute Gasteiger partial charge is 0.503 e. The van der Waals surface area contributed by atoms with Gasteiger partial charge in [0.05, 0.1) is 24.6 Å². The molecule has 0 radical (unpaired) electrons. The maximum absolute atomic E-state index is 13.0. The van der Waals surface area contributed by atoms with Gasteiger partial charge in [-0.15, -0.1) is 11.3 Å². The number of amides is 2. The molecule has 10 nitrogen and oxygen atoms in total. The summed E-state index contributed by atoms with van der Waals surface area (Å²) in [5, 5.41) is 14.4. The van der Waals surface area contributed by atoms with Gasteiger partial charge in [-0.1, -0.05) is 12.1 Å². The molecule has 3 aromatic rings. The number of hydrogen-bond donors (Lipinski definition) is 2. The highest BCUT2D eigenvalue weighted by molar-refractivity contribution is 7.92. The van der Waals surface area contributed by atoms with Crippen LogP contribution in [0.5, 0.6) is 0 Å². The fourth-order valence-electron chi connectivity index (χ4n) is 2.92. The third kappa shape index (κ3) is 6.72. The average Bonchev–Trinajstić information content (AvgIpc) is 3.45. The first-order chi connectivity index (χ1) is 17.2. The summed E-state index contributed by atoms with van der Waals surface area (Å²) in [7, 11) is -2.36. The van der Waals surface area contributed by atoms with Crippen LogP contribution in [-0.2, 0) is 44.2 Å². The first-order valence-corrected chi connectivity index (χ1v) is 12.3. The lowest BCUT2D eigenvalue weighted by Gasteiger charge is -2.18. The van der Waals surface area contributed by atoms with Crippen molar-refractivity contribution in [1.82, 2.24) is 19.6 Å².